The van der Waals surface area contributed by atoms with Crippen LogP contribution < -0.4 is 29.6 Å². The first kappa shape index (κ1) is 52.5. The fourth-order valence-corrected chi connectivity index (χ4v) is 6.24. The van der Waals surface area contributed by atoms with Gasteiger partial charge in [0.15, 0.2) is 0 Å². The zero-order chi connectivity index (χ0) is 37.9. The summed E-state index contributed by atoms with van der Waals surface area (Å²) in [6.45, 7) is 12.6. The van der Waals surface area contributed by atoms with Gasteiger partial charge in [0.2, 0.25) is 0 Å². The third-order valence-electron chi connectivity index (χ3n) is 9.58. The number of pyridine rings is 2. The van der Waals surface area contributed by atoms with E-state index in [0.29, 0.717) is 6.29 Å². The van der Waals surface area contributed by atoms with Gasteiger partial charge in [0, 0.05) is 37.6 Å². The molecule has 0 fully saturated rings. The maximum absolute atomic E-state index is 11.4. The second-order valence-electron chi connectivity index (χ2n) is 13.8. The molecule has 4 rings (SSSR count). The third-order valence-corrected chi connectivity index (χ3v) is 9.58. The monoisotopic (exact) mass is 739 g/mol. The van der Waals surface area contributed by atoms with Crippen molar-refractivity contribution in [2.45, 2.75) is 136 Å². The van der Waals surface area contributed by atoms with Gasteiger partial charge in [-0.2, -0.15) is 0 Å². The van der Waals surface area contributed by atoms with Crippen LogP contribution in [0.4, 0.5) is 0 Å². The van der Waals surface area contributed by atoms with Crippen molar-refractivity contribution < 1.29 is 53.4 Å². The normalized spacial score (nSPS) is 13.5. The minimum absolute atomic E-state index is 0. The molecule has 287 valence electrons. The number of aryl methyl sites for hydroxylation is 6. The number of hydrogen-bond acceptors (Lipinski definition) is 9. The quantitative estimate of drug-likeness (QED) is 0.0754. The van der Waals surface area contributed by atoms with Crippen molar-refractivity contribution in [3.63, 3.8) is 0 Å². The molecule has 0 bridgehead atoms. The Labute approximate surface area is 345 Å². The maximum Gasteiger partial charge on any atom is 1.00 e. The molecule has 53 heavy (non-hydrogen) atoms. The Kier molecular flexibility index (Phi) is 32.5. The number of methoxy groups -OCH3 is 2. The minimum atomic E-state index is -0.331. The Morgan fingerprint density at radius 1 is 0.774 bits per heavy atom. The molecule has 0 amide bonds. The van der Waals surface area contributed by atoms with Gasteiger partial charge >= 0.3 is 41.5 Å². The molecule has 2 aromatic rings. The van der Waals surface area contributed by atoms with E-state index in [1.54, 1.807) is 6.92 Å². The van der Waals surface area contributed by atoms with Crippen molar-refractivity contribution in [2.24, 2.45) is 11.8 Å². The molecule has 0 saturated carbocycles. The molecule has 2 atom stereocenters. The zero-order valence-electron chi connectivity index (χ0n) is 34.1. The molecule has 0 aliphatic heterocycles. The molecule has 0 saturated heterocycles. The van der Waals surface area contributed by atoms with E-state index in [2.05, 4.69) is 47.9 Å². The predicted molar refractivity (Wildman–Crippen MR) is 208 cm³/mol. The van der Waals surface area contributed by atoms with Crippen LogP contribution in [0.3, 0.4) is 0 Å². The number of hydrogen-bond donors (Lipinski definition) is 0. The fraction of sp³-hybridized carbons (Fsp3) is 0.667. The molecule has 2 heterocycles. The van der Waals surface area contributed by atoms with E-state index in [4.69, 9.17) is 26.5 Å². The molecule has 0 spiro atoms. The van der Waals surface area contributed by atoms with Crippen molar-refractivity contribution in [1.29, 1.82) is 5.26 Å². The number of rotatable bonds is 17. The van der Waals surface area contributed by atoms with Crippen LogP contribution in [0.2, 0.25) is 0 Å². The maximum atomic E-state index is 11.4. The number of aldehydes is 1. The molecule has 2 aliphatic rings. The number of carbonyl (C=O) groups is 3. The standard InChI is InChI=1S/C20H32N2O2.C15H23N.C6H10O3.CN.B.Na/c1-16(20(23)24-3)13-15-22(2)14-7-6-9-18-12-11-17-8-4-5-10-19(17)21-18;1-2-3-4-5-9-14-12-11-13-8-6-7-10-15(13)16-14;1-5(3-4-7)6(8)9-2;1-2;;/h11-12,16H,4-10,13-15H2,1-3H3;11-12H,2-10H2,1H3;4-5H,3H2,1-2H3;;;/q;;;-1;;+1/t16-;;5-;;;/m0.0.../s1. The SMILES string of the molecule is CCCCCCc1ccc2c(n1)CCCC2.COC(=O)[C@@H](C)CC=O.COC(=O)[C@@H](C)CCN(C)CCCCc1ccc2c(n1)CCCC2.[B].[C-]#N.[Na+]. The largest absolute Gasteiger partial charge is 1.00 e. The number of fused-ring (bicyclic) bond motifs is 2. The smallest absolute Gasteiger partial charge is 0.512 e. The van der Waals surface area contributed by atoms with E-state index < -0.39 is 0 Å². The summed E-state index contributed by atoms with van der Waals surface area (Å²) in [6.07, 6.45) is 21.8. The van der Waals surface area contributed by atoms with Crippen molar-refractivity contribution >= 4 is 26.6 Å². The predicted octanol–water partition coefficient (Wildman–Crippen LogP) is 4.60. The zero-order valence-corrected chi connectivity index (χ0v) is 36.1. The number of aromatic nitrogens is 2. The van der Waals surface area contributed by atoms with Gasteiger partial charge in [-0.15, -0.1) is 0 Å². The minimum Gasteiger partial charge on any atom is -0.512 e. The summed E-state index contributed by atoms with van der Waals surface area (Å²) in [5.74, 6) is -0.756. The summed E-state index contributed by atoms with van der Waals surface area (Å²) < 4.78 is 9.13. The molecular formula is C42H65BN4NaO5. The van der Waals surface area contributed by atoms with E-state index in [-0.39, 0.29) is 68.2 Å². The Balaban J connectivity index is 0. The Morgan fingerprint density at radius 2 is 1.25 bits per heavy atom. The summed E-state index contributed by atoms with van der Waals surface area (Å²) in [6, 6.07) is 9.07. The van der Waals surface area contributed by atoms with Crippen molar-refractivity contribution in [1.82, 2.24) is 14.9 Å². The van der Waals surface area contributed by atoms with E-state index in [1.165, 1.54) is 138 Å². The van der Waals surface area contributed by atoms with Crippen LogP contribution in [-0.4, -0.2) is 75.9 Å². The second kappa shape index (κ2) is 32.8. The van der Waals surface area contributed by atoms with Crippen LogP contribution >= 0.6 is 0 Å². The van der Waals surface area contributed by atoms with Gasteiger partial charge in [0.05, 0.1) is 26.1 Å². The summed E-state index contributed by atoms with van der Waals surface area (Å²) in [5, 5.41) is 6.25. The first-order valence-electron chi connectivity index (χ1n) is 19.2. The van der Waals surface area contributed by atoms with Crippen LogP contribution in [-0.2, 0) is 62.4 Å². The van der Waals surface area contributed by atoms with Gasteiger partial charge in [-0.05, 0) is 133 Å². The van der Waals surface area contributed by atoms with Gasteiger partial charge in [-0.3, -0.25) is 19.6 Å². The molecule has 2 aliphatic carbocycles. The topological polar surface area (TPSA) is 122 Å². The average molecular weight is 740 g/mol. The first-order chi connectivity index (χ1) is 24.7. The Hall–Kier alpha value is -2.58. The van der Waals surface area contributed by atoms with Gasteiger partial charge in [0.1, 0.15) is 6.29 Å². The van der Waals surface area contributed by atoms with Crippen LogP contribution in [0, 0.1) is 23.7 Å². The molecule has 3 radical (unpaired) electrons. The first-order valence-corrected chi connectivity index (χ1v) is 19.2. The summed E-state index contributed by atoms with van der Waals surface area (Å²) in [5.41, 5.74) is 8.26. The molecule has 0 N–H and O–H groups in total. The van der Waals surface area contributed by atoms with Gasteiger partial charge in [0.25, 0.3) is 0 Å². The van der Waals surface area contributed by atoms with Crippen LogP contribution in [0.1, 0.15) is 132 Å². The van der Waals surface area contributed by atoms with Crippen molar-refractivity contribution in [2.75, 3.05) is 34.4 Å². The van der Waals surface area contributed by atoms with Crippen LogP contribution in [0.5, 0.6) is 0 Å². The molecule has 2 aromatic heterocycles. The van der Waals surface area contributed by atoms with Crippen molar-refractivity contribution in [3.05, 3.63) is 64.7 Å². The van der Waals surface area contributed by atoms with Crippen LogP contribution in [0.25, 0.3) is 0 Å². The summed E-state index contributed by atoms with van der Waals surface area (Å²) >= 11 is 0. The fourth-order valence-electron chi connectivity index (χ4n) is 6.24. The Bertz CT molecular complexity index is 1310. The van der Waals surface area contributed by atoms with E-state index >= 15 is 0 Å². The number of esters is 2. The van der Waals surface area contributed by atoms with E-state index in [1.807, 2.05) is 6.92 Å². The van der Waals surface area contributed by atoms with E-state index in [9.17, 15) is 14.4 Å². The number of ether oxygens (including phenoxy) is 2. The molecule has 0 unspecified atom stereocenters. The second-order valence-corrected chi connectivity index (χ2v) is 13.8. The van der Waals surface area contributed by atoms with Gasteiger partial charge in [-0.25, -0.2) is 0 Å². The van der Waals surface area contributed by atoms with Crippen LogP contribution in [0.15, 0.2) is 24.3 Å². The number of unbranched alkanes of at least 4 members (excludes halogenated alkanes) is 4. The third kappa shape index (κ3) is 22.4. The molecule has 9 nitrogen and oxygen atoms in total. The Morgan fingerprint density at radius 3 is 1.72 bits per heavy atom. The summed E-state index contributed by atoms with van der Waals surface area (Å²) in [4.78, 5) is 43.7. The van der Waals surface area contributed by atoms with Gasteiger partial charge < -0.3 is 31.0 Å². The molecular weight excluding hydrogens is 674 g/mol. The average Bonchev–Trinajstić information content (AvgIpc) is 3.17. The summed E-state index contributed by atoms with van der Waals surface area (Å²) in [7, 11) is 4.89. The van der Waals surface area contributed by atoms with Crippen molar-refractivity contribution in [3.8, 4) is 0 Å². The van der Waals surface area contributed by atoms with Gasteiger partial charge in [-0.1, -0.05) is 52.2 Å². The van der Waals surface area contributed by atoms with E-state index in [0.717, 1.165) is 32.4 Å². The molecule has 0 aromatic carbocycles. The molecule has 11 heteroatoms. The number of carbonyl (C=O) groups excluding carboxylic acids is 3. The number of nitrogens with zero attached hydrogens (tertiary/aromatic N) is 4.